The summed E-state index contributed by atoms with van der Waals surface area (Å²) in [5.41, 5.74) is 9.17. The molecule has 124 valence electrons. The molecule has 2 heterocycles. The summed E-state index contributed by atoms with van der Waals surface area (Å²) in [6.45, 7) is 3.95. The van der Waals surface area contributed by atoms with Crippen LogP contribution in [0.2, 0.25) is 0 Å². The number of halogens is 1. The fraction of sp³-hybridized carbons (Fsp3) is 0.188. The minimum atomic E-state index is 0.0415. The molecule has 8 heteroatoms. The monoisotopic (exact) mass is 405 g/mol. The van der Waals surface area contributed by atoms with Crippen LogP contribution in [0.3, 0.4) is 0 Å². The number of thioether (sulfide) groups is 1. The first kappa shape index (κ1) is 16.8. The smallest absolute Gasteiger partial charge is 0.216 e. The lowest BCUT2D eigenvalue weighted by molar-refractivity contribution is 0.102. The second kappa shape index (κ2) is 6.82. The third-order valence-electron chi connectivity index (χ3n) is 3.63. The van der Waals surface area contributed by atoms with Gasteiger partial charge in [0, 0.05) is 27.1 Å². The number of aromatic amines is 1. The molecule has 0 bridgehead atoms. The lowest BCUT2D eigenvalue weighted by atomic mass is 10.2. The number of hydrogen-bond acceptors (Lipinski definition) is 5. The first-order valence-electron chi connectivity index (χ1n) is 7.24. The van der Waals surface area contributed by atoms with E-state index in [0.29, 0.717) is 10.7 Å². The highest BCUT2D eigenvalue weighted by atomic mass is 79.9. The standard InChI is InChI=1S/C16H16BrN5OS/c1-9-7-13(14(23)8-24-16-19-15(18)20-21-16)10(2)22(9)12-5-3-11(17)4-6-12/h3-7H,8H2,1-2H3,(H3,18,19,20,21). The summed E-state index contributed by atoms with van der Waals surface area (Å²) in [5, 5.41) is 6.96. The van der Waals surface area contributed by atoms with Gasteiger partial charge in [-0.25, -0.2) is 5.10 Å². The third kappa shape index (κ3) is 3.39. The van der Waals surface area contributed by atoms with Crippen LogP contribution in [-0.2, 0) is 0 Å². The summed E-state index contributed by atoms with van der Waals surface area (Å²) >= 11 is 4.71. The second-order valence-corrected chi connectivity index (χ2v) is 7.17. The SMILES string of the molecule is Cc1cc(C(=O)CSc2n[nH]c(N)n2)c(C)n1-c1ccc(Br)cc1. The number of hydrogen-bond donors (Lipinski definition) is 2. The maximum atomic E-state index is 12.6. The molecule has 0 amide bonds. The van der Waals surface area contributed by atoms with Crippen LogP contribution < -0.4 is 5.73 Å². The number of nitrogens with two attached hydrogens (primary N) is 1. The van der Waals surface area contributed by atoms with Gasteiger partial charge in [-0.1, -0.05) is 27.7 Å². The molecule has 3 N–H and O–H groups in total. The minimum Gasteiger partial charge on any atom is -0.368 e. The largest absolute Gasteiger partial charge is 0.368 e. The van der Waals surface area contributed by atoms with Crippen LogP contribution in [0.1, 0.15) is 21.7 Å². The van der Waals surface area contributed by atoms with Gasteiger partial charge in [-0.05, 0) is 44.2 Å². The van der Waals surface area contributed by atoms with Crippen LogP contribution >= 0.6 is 27.7 Å². The van der Waals surface area contributed by atoms with Crippen molar-refractivity contribution in [1.82, 2.24) is 19.7 Å². The molecule has 0 fully saturated rings. The van der Waals surface area contributed by atoms with E-state index < -0.39 is 0 Å². The van der Waals surface area contributed by atoms with Gasteiger partial charge in [0.05, 0.1) is 5.75 Å². The van der Waals surface area contributed by atoms with E-state index in [0.717, 1.165) is 21.5 Å². The summed E-state index contributed by atoms with van der Waals surface area (Å²) in [4.78, 5) is 16.5. The molecule has 1 aromatic carbocycles. The van der Waals surface area contributed by atoms with Crippen LogP contribution in [0.4, 0.5) is 5.95 Å². The number of ketones is 1. The molecule has 2 aromatic heterocycles. The topological polar surface area (TPSA) is 89.6 Å². The maximum absolute atomic E-state index is 12.6. The van der Waals surface area contributed by atoms with Gasteiger partial charge in [0.1, 0.15) is 0 Å². The van der Waals surface area contributed by atoms with Crippen molar-refractivity contribution in [3.8, 4) is 5.69 Å². The number of benzene rings is 1. The Balaban J connectivity index is 1.82. The van der Waals surface area contributed by atoms with E-state index in [1.54, 1.807) is 0 Å². The van der Waals surface area contributed by atoms with E-state index in [4.69, 9.17) is 5.73 Å². The fourth-order valence-corrected chi connectivity index (χ4v) is 3.52. The van der Waals surface area contributed by atoms with Gasteiger partial charge >= 0.3 is 0 Å². The number of carbonyl (C=O) groups is 1. The molecule has 3 aromatic rings. The zero-order valence-electron chi connectivity index (χ0n) is 13.2. The quantitative estimate of drug-likeness (QED) is 0.500. The number of aromatic nitrogens is 4. The number of nitrogen functional groups attached to an aromatic ring is 1. The molecular formula is C16H16BrN5OS. The molecule has 24 heavy (non-hydrogen) atoms. The van der Waals surface area contributed by atoms with Crippen molar-refractivity contribution in [2.45, 2.75) is 19.0 Å². The Labute approximate surface area is 152 Å². The van der Waals surface area contributed by atoms with Crippen LogP contribution in [0.15, 0.2) is 40.0 Å². The van der Waals surface area contributed by atoms with Gasteiger partial charge in [0.2, 0.25) is 11.1 Å². The number of H-pyrrole nitrogens is 1. The van der Waals surface area contributed by atoms with Crippen molar-refractivity contribution < 1.29 is 4.79 Å². The average molecular weight is 406 g/mol. The Morgan fingerprint density at radius 3 is 2.67 bits per heavy atom. The number of nitrogens with zero attached hydrogens (tertiary/aromatic N) is 3. The predicted molar refractivity (Wildman–Crippen MR) is 98.8 cm³/mol. The predicted octanol–water partition coefficient (Wildman–Crippen LogP) is 3.53. The first-order valence-corrected chi connectivity index (χ1v) is 9.02. The van der Waals surface area contributed by atoms with E-state index >= 15 is 0 Å². The van der Waals surface area contributed by atoms with Gasteiger partial charge in [0.15, 0.2) is 5.78 Å². The van der Waals surface area contributed by atoms with E-state index in [9.17, 15) is 4.79 Å². The molecule has 0 aliphatic rings. The van der Waals surface area contributed by atoms with Crippen LogP contribution in [0.5, 0.6) is 0 Å². The Morgan fingerprint density at radius 2 is 2.04 bits per heavy atom. The van der Waals surface area contributed by atoms with Crippen LogP contribution in [0, 0.1) is 13.8 Å². The molecule has 0 spiro atoms. The number of Topliss-reactive ketones (excluding diaryl/α,β-unsaturated/α-hetero) is 1. The molecule has 0 unspecified atom stereocenters. The minimum absolute atomic E-state index is 0.0415. The summed E-state index contributed by atoms with van der Waals surface area (Å²) in [5.74, 6) is 0.556. The maximum Gasteiger partial charge on any atom is 0.216 e. The third-order valence-corrected chi connectivity index (χ3v) is 5.01. The molecule has 3 rings (SSSR count). The van der Waals surface area contributed by atoms with Crippen molar-refractivity contribution in [2.24, 2.45) is 0 Å². The zero-order chi connectivity index (χ0) is 17.3. The summed E-state index contributed by atoms with van der Waals surface area (Å²) in [6, 6.07) is 9.93. The molecule has 0 saturated carbocycles. The highest BCUT2D eigenvalue weighted by Crippen LogP contribution is 2.24. The van der Waals surface area contributed by atoms with Crippen molar-refractivity contribution in [2.75, 3.05) is 11.5 Å². The number of anilines is 1. The number of carbonyl (C=O) groups excluding carboxylic acids is 1. The lowest BCUT2D eigenvalue weighted by Crippen LogP contribution is -2.05. The molecule has 0 aliphatic heterocycles. The summed E-state index contributed by atoms with van der Waals surface area (Å²) in [6.07, 6.45) is 0. The van der Waals surface area contributed by atoms with Crippen molar-refractivity contribution >= 4 is 39.4 Å². The van der Waals surface area contributed by atoms with Gasteiger partial charge < -0.3 is 10.3 Å². The van der Waals surface area contributed by atoms with E-state index in [2.05, 4.69) is 35.7 Å². The van der Waals surface area contributed by atoms with E-state index in [-0.39, 0.29) is 17.5 Å². The fourth-order valence-electron chi connectivity index (χ4n) is 2.56. The number of nitrogens with one attached hydrogen (secondary N) is 1. The van der Waals surface area contributed by atoms with Crippen LogP contribution in [-0.4, -0.2) is 31.3 Å². The summed E-state index contributed by atoms with van der Waals surface area (Å²) in [7, 11) is 0. The molecule has 0 aliphatic carbocycles. The van der Waals surface area contributed by atoms with Gasteiger partial charge in [-0.3, -0.25) is 4.79 Å². The molecule has 6 nitrogen and oxygen atoms in total. The number of rotatable bonds is 5. The van der Waals surface area contributed by atoms with Gasteiger partial charge in [0.25, 0.3) is 0 Å². The van der Waals surface area contributed by atoms with Crippen molar-refractivity contribution in [3.05, 3.63) is 51.8 Å². The van der Waals surface area contributed by atoms with E-state index in [1.165, 1.54) is 11.8 Å². The van der Waals surface area contributed by atoms with Crippen LogP contribution in [0.25, 0.3) is 5.69 Å². The van der Waals surface area contributed by atoms with Crippen molar-refractivity contribution in [3.63, 3.8) is 0 Å². The van der Waals surface area contributed by atoms with Crippen molar-refractivity contribution in [1.29, 1.82) is 0 Å². The summed E-state index contributed by atoms with van der Waals surface area (Å²) < 4.78 is 3.10. The molecule has 0 radical (unpaired) electrons. The van der Waals surface area contributed by atoms with Gasteiger partial charge in [-0.15, -0.1) is 5.10 Å². The normalized spacial score (nSPS) is 11.0. The van der Waals surface area contributed by atoms with Gasteiger partial charge in [-0.2, -0.15) is 4.98 Å². The Kier molecular flexibility index (Phi) is 4.77. The highest BCUT2D eigenvalue weighted by molar-refractivity contribution is 9.10. The first-order chi connectivity index (χ1) is 11.5. The average Bonchev–Trinajstić information content (AvgIpc) is 3.09. The Hall–Kier alpha value is -2.06. The molecule has 0 saturated heterocycles. The van der Waals surface area contributed by atoms with E-state index in [1.807, 2.05) is 44.2 Å². The number of aryl methyl sites for hydroxylation is 1. The second-order valence-electron chi connectivity index (χ2n) is 5.31. The Morgan fingerprint density at radius 1 is 1.33 bits per heavy atom. The highest BCUT2D eigenvalue weighted by Gasteiger charge is 2.17. The molecular weight excluding hydrogens is 390 g/mol. The lowest BCUT2D eigenvalue weighted by Gasteiger charge is -2.10. The Bertz CT molecular complexity index is 885. The zero-order valence-corrected chi connectivity index (χ0v) is 15.6. The molecule has 0 atom stereocenters.